The van der Waals surface area contributed by atoms with Gasteiger partial charge in [-0.25, -0.2) is 18.2 Å². The van der Waals surface area contributed by atoms with Gasteiger partial charge in [0.05, 0.1) is 6.61 Å². The topological polar surface area (TPSA) is 247 Å². The third-order valence-corrected chi connectivity index (χ3v) is 8.35. The summed E-state index contributed by atoms with van der Waals surface area (Å²) in [6.45, 7) is -5.67. The maximum Gasteiger partial charge on any atom is 0.488 e. The summed E-state index contributed by atoms with van der Waals surface area (Å²) in [4.78, 5) is 61.1. The van der Waals surface area contributed by atoms with Gasteiger partial charge in [0.15, 0.2) is 11.8 Å². The summed E-state index contributed by atoms with van der Waals surface area (Å²) in [7, 11) is -11.1. The Labute approximate surface area is 177 Å². The van der Waals surface area contributed by atoms with Gasteiger partial charge in [0.1, 0.15) is 12.2 Å². The number of phosphoric acid groups is 2. The first-order valence-corrected chi connectivity index (χ1v) is 13.2. The molecular formula is C11H15N2O14P3S. The molecule has 1 fully saturated rings. The minimum atomic E-state index is -5.57. The van der Waals surface area contributed by atoms with Crippen molar-refractivity contribution in [1.29, 1.82) is 0 Å². The van der Waals surface area contributed by atoms with Crippen molar-refractivity contribution < 1.29 is 56.8 Å². The van der Waals surface area contributed by atoms with Gasteiger partial charge in [0.25, 0.3) is 5.56 Å². The number of hydrogen-bond acceptors (Lipinski definition) is 11. The van der Waals surface area contributed by atoms with E-state index < -0.39 is 64.3 Å². The average molecular weight is 524 g/mol. The van der Waals surface area contributed by atoms with Crippen molar-refractivity contribution in [1.82, 2.24) is 9.55 Å². The molecule has 0 amide bonds. The quantitative estimate of drug-likeness (QED) is 0.139. The highest BCUT2D eigenvalue weighted by Crippen LogP contribution is 2.66. The molecule has 6 atom stereocenters. The van der Waals surface area contributed by atoms with Crippen LogP contribution in [-0.2, 0) is 38.8 Å². The summed E-state index contributed by atoms with van der Waals surface area (Å²) in [6.07, 6.45) is 0.836. The van der Waals surface area contributed by atoms with Gasteiger partial charge >= 0.3 is 28.1 Å². The minimum Gasteiger partial charge on any atom is -0.386 e. The van der Waals surface area contributed by atoms with E-state index in [1.807, 2.05) is 10.9 Å². The van der Waals surface area contributed by atoms with Gasteiger partial charge in [-0.15, -0.1) is 6.42 Å². The van der Waals surface area contributed by atoms with Gasteiger partial charge in [0, 0.05) is 12.3 Å². The van der Waals surface area contributed by atoms with Crippen molar-refractivity contribution >= 4 is 34.2 Å². The molecule has 1 aromatic rings. The average Bonchev–Trinajstić information content (AvgIpc) is 2.82. The van der Waals surface area contributed by atoms with Gasteiger partial charge < -0.3 is 39.0 Å². The fourth-order valence-corrected chi connectivity index (χ4v) is 6.39. The molecule has 1 aromatic heterocycles. The molecule has 1 unspecified atom stereocenters. The van der Waals surface area contributed by atoms with Crippen molar-refractivity contribution in [3.63, 3.8) is 0 Å². The van der Waals surface area contributed by atoms with Crippen LogP contribution < -0.4 is 11.2 Å². The molecule has 1 saturated heterocycles. The Kier molecular flexibility index (Phi) is 7.66. The number of nitrogens with one attached hydrogen (secondary N) is 1. The molecule has 1 aliphatic heterocycles. The van der Waals surface area contributed by atoms with Crippen molar-refractivity contribution in [3.8, 4) is 12.3 Å². The molecule has 16 nitrogen and oxygen atoms in total. The van der Waals surface area contributed by atoms with E-state index in [1.54, 1.807) is 0 Å². The molecule has 2 heterocycles. The number of aromatic amines is 1. The van der Waals surface area contributed by atoms with Crippen LogP contribution in [0.2, 0.25) is 0 Å². The molecule has 0 saturated carbocycles. The molecule has 0 aromatic carbocycles. The normalized spacial score (nSPS) is 30.3. The second kappa shape index (κ2) is 9.06. The Morgan fingerprint density at radius 3 is 2.42 bits per heavy atom. The predicted molar refractivity (Wildman–Crippen MR) is 102 cm³/mol. The Hall–Kier alpha value is -1.05. The van der Waals surface area contributed by atoms with Crippen molar-refractivity contribution in [3.05, 3.63) is 33.1 Å². The van der Waals surface area contributed by atoms with Crippen LogP contribution in [0.15, 0.2) is 21.9 Å². The van der Waals surface area contributed by atoms with E-state index in [-0.39, 0.29) is 0 Å². The van der Waals surface area contributed by atoms with E-state index in [1.165, 1.54) is 0 Å². The SMILES string of the molecule is C#C[C@@]1(O)[C@H](O)[C@@H](CO[P@@](O)(=S)OP(=O)(O)OP(=O)(O)O)O[C@H]1n1ccc(=O)[nH]c1=O. The molecule has 7 N–H and O–H groups in total. The summed E-state index contributed by atoms with van der Waals surface area (Å²) in [5.41, 5.74) is -4.36. The zero-order valence-electron chi connectivity index (χ0n) is 14.8. The highest BCUT2D eigenvalue weighted by molar-refractivity contribution is 8.08. The van der Waals surface area contributed by atoms with Gasteiger partial charge in [-0.2, -0.15) is 4.31 Å². The van der Waals surface area contributed by atoms with Crippen molar-refractivity contribution in [2.45, 2.75) is 24.0 Å². The molecule has 31 heavy (non-hydrogen) atoms. The number of aliphatic hydroxyl groups excluding tert-OH is 1. The lowest BCUT2D eigenvalue weighted by atomic mass is 9.95. The Morgan fingerprint density at radius 2 is 1.90 bits per heavy atom. The molecule has 0 aliphatic carbocycles. The first kappa shape index (κ1) is 26.2. The third kappa shape index (κ3) is 6.48. The lowest BCUT2D eigenvalue weighted by Crippen LogP contribution is -2.48. The molecular weight excluding hydrogens is 509 g/mol. The van der Waals surface area contributed by atoms with Gasteiger partial charge in [-0.3, -0.25) is 14.3 Å². The van der Waals surface area contributed by atoms with Crippen molar-refractivity contribution in [2.75, 3.05) is 6.61 Å². The molecule has 174 valence electrons. The minimum absolute atomic E-state index is 0.659. The number of rotatable bonds is 8. The van der Waals surface area contributed by atoms with E-state index in [0.29, 0.717) is 4.57 Å². The van der Waals surface area contributed by atoms with Crippen LogP contribution >= 0.6 is 22.4 Å². The standard InChI is InChI=1S/C11H15N2O14P3S/c1-2-11(17)8(15)6(25-9(11)13-4-3-7(14)12-10(13)16)5-24-30(23,31)27-29(21,22)26-28(18,19)20/h1,3-4,6,8-9,15,17H,5H2,(H,21,22)(H,23,31)(H,12,14,16)(H2,18,19,20)/t6-,8-,9-,11-,30-/m1/s1. The molecule has 0 bridgehead atoms. The zero-order chi connectivity index (χ0) is 23.8. The molecule has 20 heteroatoms. The summed E-state index contributed by atoms with van der Waals surface area (Å²) in [5, 5.41) is 20.9. The maximum absolute atomic E-state index is 12.0. The van der Waals surface area contributed by atoms with Gasteiger partial charge in [0.2, 0.25) is 0 Å². The zero-order valence-corrected chi connectivity index (χ0v) is 18.3. The van der Waals surface area contributed by atoms with Crippen LogP contribution in [-0.4, -0.2) is 63.8 Å². The van der Waals surface area contributed by atoms with Crippen LogP contribution in [0.4, 0.5) is 0 Å². The first-order valence-electron chi connectivity index (χ1n) is 7.63. The van der Waals surface area contributed by atoms with Gasteiger partial charge in [-0.05, 0) is 11.8 Å². The first-order chi connectivity index (χ1) is 14.0. The number of ether oxygens (including phenoxy) is 1. The van der Waals surface area contributed by atoms with E-state index in [4.69, 9.17) is 20.9 Å². The van der Waals surface area contributed by atoms with Crippen LogP contribution in [0.25, 0.3) is 0 Å². The van der Waals surface area contributed by atoms with Crippen LogP contribution in [0.3, 0.4) is 0 Å². The van der Waals surface area contributed by atoms with E-state index >= 15 is 0 Å². The van der Waals surface area contributed by atoms with Gasteiger partial charge in [-0.1, -0.05) is 5.92 Å². The Balaban J connectivity index is 2.19. The molecule has 1 aliphatic rings. The third-order valence-electron chi connectivity index (χ3n) is 3.64. The fourth-order valence-electron chi connectivity index (χ4n) is 2.42. The maximum atomic E-state index is 12.0. The lowest BCUT2D eigenvalue weighted by Gasteiger charge is -2.26. The second-order valence-electron chi connectivity index (χ2n) is 5.85. The van der Waals surface area contributed by atoms with Crippen LogP contribution in [0, 0.1) is 12.3 Å². The van der Waals surface area contributed by atoms with E-state index in [0.717, 1.165) is 12.3 Å². The van der Waals surface area contributed by atoms with E-state index in [2.05, 4.69) is 25.0 Å². The number of aliphatic hydroxyl groups is 2. The lowest BCUT2D eigenvalue weighted by molar-refractivity contribution is -0.0757. The molecule has 0 spiro atoms. The number of aromatic nitrogens is 2. The molecule has 2 rings (SSSR count). The smallest absolute Gasteiger partial charge is 0.386 e. The largest absolute Gasteiger partial charge is 0.488 e. The predicted octanol–water partition coefficient (Wildman–Crippen LogP) is -2.38. The van der Waals surface area contributed by atoms with Crippen LogP contribution in [0.1, 0.15) is 6.23 Å². The number of nitrogens with zero attached hydrogens (tertiary/aromatic N) is 1. The number of H-pyrrole nitrogens is 1. The monoisotopic (exact) mass is 524 g/mol. The fraction of sp³-hybridized carbons (Fsp3) is 0.455. The Morgan fingerprint density at radius 1 is 1.29 bits per heavy atom. The molecule has 0 radical (unpaired) electrons. The van der Waals surface area contributed by atoms with Crippen molar-refractivity contribution in [2.24, 2.45) is 0 Å². The summed E-state index contributed by atoms with van der Waals surface area (Å²) in [6, 6.07) is 0.902. The summed E-state index contributed by atoms with van der Waals surface area (Å²) < 4.78 is 40.3. The highest BCUT2D eigenvalue weighted by atomic mass is 32.5. The number of terminal acetylenes is 1. The Bertz CT molecular complexity index is 1140. The number of hydrogen-bond donors (Lipinski definition) is 7. The summed E-state index contributed by atoms with van der Waals surface area (Å²) >= 11 is 4.42. The van der Waals surface area contributed by atoms with E-state index in [9.17, 15) is 38.7 Å². The second-order valence-corrected chi connectivity index (χ2v) is 11.6. The van der Waals surface area contributed by atoms with Crippen LogP contribution in [0.5, 0.6) is 0 Å². The summed E-state index contributed by atoms with van der Waals surface area (Å²) in [5.74, 6) is 1.84. The highest BCUT2D eigenvalue weighted by Gasteiger charge is 2.56.